The molecular weight excluding hydrogens is 264 g/mol. The Morgan fingerprint density at radius 1 is 1.35 bits per heavy atom. The van der Waals surface area contributed by atoms with Gasteiger partial charge in [0.25, 0.3) is 7.82 Å². The second-order valence-corrected chi connectivity index (χ2v) is 7.56. The highest BCUT2D eigenvalue weighted by atomic mass is 31.2. The Bertz CT molecular complexity index is 300. The minimum Gasteiger partial charge on any atom is -0.756 e. The van der Waals surface area contributed by atoms with Crippen molar-refractivity contribution in [1.82, 2.24) is 0 Å². The lowest BCUT2D eigenvalue weighted by Gasteiger charge is -2.22. The first kappa shape index (κ1) is 17.2. The molecule has 0 N–H and O–H groups in total. The van der Waals surface area contributed by atoms with Gasteiger partial charge in [-0.25, -0.2) is 0 Å². The van der Waals surface area contributed by atoms with Crippen LogP contribution in [-0.4, -0.2) is 57.3 Å². The van der Waals surface area contributed by atoms with Crippen LogP contribution in [0.5, 0.6) is 0 Å². The van der Waals surface area contributed by atoms with Crippen molar-refractivity contribution in [2.45, 2.75) is 6.92 Å². The number of quaternary nitrogens is 1. The quantitative estimate of drug-likeness (QED) is 0.454. The number of phosphoric acid groups is 1. The highest BCUT2D eigenvalue weighted by Gasteiger charge is 2.11. The molecule has 0 radical (unpaired) electrons. The molecule has 0 bridgehead atoms. The van der Waals surface area contributed by atoms with Gasteiger partial charge in [0, 0.05) is 0 Å². The summed E-state index contributed by atoms with van der Waals surface area (Å²) < 4.78 is 20.6. The summed E-state index contributed by atoms with van der Waals surface area (Å²) in [5.41, 5.74) is 0. The largest absolute Gasteiger partial charge is 0.756 e. The molecule has 0 rings (SSSR count). The molecule has 0 heterocycles. The topological polar surface area (TPSA) is 81.7 Å². The van der Waals surface area contributed by atoms with Crippen LogP contribution < -0.4 is 9.79 Å². The Morgan fingerprint density at radius 3 is 2.41 bits per heavy atom. The predicted molar refractivity (Wildman–Crippen MR) is 65.9 cm³/mol. The molecule has 8 heteroatoms. The van der Waals surface area contributed by atoms with Crippen LogP contribution in [-0.2, 0) is 13.6 Å². The molecule has 102 valence electrons. The summed E-state index contributed by atoms with van der Waals surface area (Å²) in [6.45, 7) is 2.15. The van der Waals surface area contributed by atoms with Crippen molar-refractivity contribution in [3.63, 3.8) is 0 Å². The molecule has 0 spiro atoms. The summed E-state index contributed by atoms with van der Waals surface area (Å²) >= 11 is 0. The van der Waals surface area contributed by atoms with Crippen LogP contribution in [0.15, 0.2) is 0 Å². The summed E-state index contributed by atoms with van der Waals surface area (Å²) in [7, 11) is 0.250. The van der Waals surface area contributed by atoms with Crippen molar-refractivity contribution in [3.8, 4) is 0 Å². The fraction of sp³-hybridized carbons (Fsp3) is 0.889. The van der Waals surface area contributed by atoms with Gasteiger partial charge in [-0.1, -0.05) is 0 Å². The third-order valence-electron chi connectivity index (χ3n) is 1.79. The van der Waals surface area contributed by atoms with E-state index in [-0.39, 0.29) is 13.2 Å². The molecule has 0 aromatic rings. The molecule has 0 saturated heterocycles. The maximum atomic E-state index is 11.5. The minimum absolute atomic E-state index is 0.0361. The SMILES string of the molecule is CCOP(=O)([O-])OCC=[P+]([O-])CC[N+](C)(C)C. The summed E-state index contributed by atoms with van der Waals surface area (Å²) in [6.07, 6.45) is 0.514. The van der Waals surface area contributed by atoms with Gasteiger partial charge in [0.15, 0.2) is 6.16 Å². The van der Waals surface area contributed by atoms with E-state index < -0.39 is 15.6 Å². The molecule has 0 aliphatic rings. The maximum absolute atomic E-state index is 11.5. The normalized spacial score (nSPS) is 16.9. The van der Waals surface area contributed by atoms with Crippen molar-refractivity contribution in [1.29, 1.82) is 0 Å². The average molecular weight is 285 g/mol. The third kappa shape index (κ3) is 11.0. The van der Waals surface area contributed by atoms with E-state index in [4.69, 9.17) is 0 Å². The Hall–Kier alpha value is 0.200. The molecule has 0 fully saturated rings. The van der Waals surface area contributed by atoms with Gasteiger partial charge in [-0.05, 0) is 6.92 Å². The zero-order valence-corrected chi connectivity index (χ0v) is 12.6. The second-order valence-electron chi connectivity index (χ2n) is 4.50. The first-order valence-corrected chi connectivity index (χ1v) is 8.31. The molecule has 0 aliphatic heterocycles. The molecule has 0 aromatic heterocycles. The molecule has 2 atom stereocenters. The van der Waals surface area contributed by atoms with Gasteiger partial charge < -0.3 is 23.3 Å². The Balaban J connectivity index is 3.96. The van der Waals surface area contributed by atoms with E-state index in [1.54, 1.807) is 6.92 Å². The van der Waals surface area contributed by atoms with E-state index in [2.05, 4.69) is 9.05 Å². The molecule has 0 amide bonds. The second kappa shape index (κ2) is 7.59. The van der Waals surface area contributed by atoms with E-state index in [0.717, 1.165) is 11.0 Å². The smallest absolute Gasteiger partial charge is 0.268 e. The van der Waals surface area contributed by atoms with Gasteiger partial charge in [0.05, 0.1) is 35.5 Å². The van der Waals surface area contributed by atoms with Crippen molar-refractivity contribution in [3.05, 3.63) is 0 Å². The van der Waals surface area contributed by atoms with E-state index in [1.807, 2.05) is 21.1 Å². The van der Waals surface area contributed by atoms with E-state index >= 15 is 0 Å². The van der Waals surface area contributed by atoms with Crippen LogP contribution in [0.3, 0.4) is 0 Å². The fourth-order valence-corrected chi connectivity index (χ4v) is 2.88. The van der Waals surface area contributed by atoms with Crippen molar-refractivity contribution in [2.75, 3.05) is 47.1 Å². The minimum atomic E-state index is -4.21. The van der Waals surface area contributed by atoms with Crippen LogP contribution >= 0.6 is 15.6 Å². The van der Waals surface area contributed by atoms with Crippen molar-refractivity contribution < 1.29 is 27.9 Å². The van der Waals surface area contributed by atoms with Gasteiger partial charge in [-0.15, -0.1) is 0 Å². The molecule has 0 saturated carbocycles. The van der Waals surface area contributed by atoms with Gasteiger partial charge in [-0.2, -0.15) is 0 Å². The van der Waals surface area contributed by atoms with E-state index in [9.17, 15) is 14.4 Å². The van der Waals surface area contributed by atoms with Gasteiger partial charge >= 0.3 is 0 Å². The van der Waals surface area contributed by atoms with Gasteiger partial charge in [-0.3, -0.25) is 4.57 Å². The molecule has 17 heavy (non-hydrogen) atoms. The lowest BCUT2D eigenvalue weighted by atomic mass is 10.6. The number of rotatable bonds is 8. The average Bonchev–Trinajstić information content (AvgIpc) is 2.13. The molecule has 0 aromatic carbocycles. The number of phosphoric ester groups is 1. The number of hydrogen-bond donors (Lipinski definition) is 0. The summed E-state index contributed by atoms with van der Waals surface area (Å²) in [5, 5.41) is 0. The van der Waals surface area contributed by atoms with Crippen LogP contribution in [0, 0.1) is 0 Å². The van der Waals surface area contributed by atoms with Crippen LogP contribution in [0.2, 0.25) is 0 Å². The Kier molecular flexibility index (Phi) is 7.68. The summed E-state index contributed by atoms with van der Waals surface area (Å²) in [5.74, 6) is 1.37. The predicted octanol–water partition coefficient (Wildman–Crippen LogP) is -0.226. The lowest BCUT2D eigenvalue weighted by molar-refractivity contribution is -0.867. The fourth-order valence-electron chi connectivity index (χ4n) is 0.893. The van der Waals surface area contributed by atoms with Crippen molar-refractivity contribution in [2.24, 2.45) is 0 Å². The molecule has 0 aliphatic carbocycles. The first-order valence-electron chi connectivity index (χ1n) is 5.34. The monoisotopic (exact) mass is 285 g/mol. The summed E-state index contributed by atoms with van der Waals surface area (Å²) in [6, 6.07) is 0. The number of hydrogen-bond acceptors (Lipinski definition) is 5. The molecule has 2 unspecified atom stereocenters. The van der Waals surface area contributed by atoms with Crippen molar-refractivity contribution >= 4 is 21.4 Å². The lowest BCUT2D eigenvalue weighted by Crippen LogP contribution is -2.36. The maximum Gasteiger partial charge on any atom is 0.268 e. The molecular formula is C9H21NO5P2. The highest BCUT2D eigenvalue weighted by molar-refractivity contribution is 7.50. The van der Waals surface area contributed by atoms with Gasteiger partial charge in [0.1, 0.15) is 18.9 Å². The van der Waals surface area contributed by atoms with Crippen LogP contribution in [0.1, 0.15) is 6.92 Å². The van der Waals surface area contributed by atoms with Crippen LogP contribution in [0.4, 0.5) is 0 Å². The third-order valence-corrected chi connectivity index (χ3v) is 4.03. The van der Waals surface area contributed by atoms with Gasteiger partial charge in [0.2, 0.25) is 0 Å². The highest BCUT2D eigenvalue weighted by Crippen LogP contribution is 2.37. The summed E-state index contributed by atoms with van der Waals surface area (Å²) in [4.78, 5) is 22.5. The first-order chi connectivity index (χ1) is 7.66. The van der Waals surface area contributed by atoms with Crippen LogP contribution in [0.25, 0.3) is 0 Å². The standard InChI is InChI=1S/C9H21NO5P2/c1-5-14-17(12,13)15-7-9-16(11)8-6-10(2,3)4/h9H,5-8H2,1-4H3. The van der Waals surface area contributed by atoms with E-state index in [1.165, 1.54) is 5.80 Å². The van der Waals surface area contributed by atoms with E-state index in [0.29, 0.717) is 6.16 Å². The molecule has 6 nitrogen and oxygen atoms in total. The Morgan fingerprint density at radius 2 is 1.94 bits per heavy atom. The zero-order valence-electron chi connectivity index (χ0n) is 10.8. The Labute approximate surface area is 104 Å². The number of nitrogens with zero attached hydrogens (tertiary/aromatic N) is 1. The zero-order chi connectivity index (χ0) is 13.5.